The Hall–Kier alpha value is -2.63. The van der Waals surface area contributed by atoms with Crippen molar-refractivity contribution in [2.45, 2.75) is 13.8 Å². The third-order valence-corrected chi connectivity index (χ3v) is 2.93. The molecule has 6 heteroatoms. The number of methoxy groups -OCH3 is 1. The maximum absolute atomic E-state index is 11.0. The molecule has 0 fully saturated rings. The number of aromatic carboxylic acids is 1. The van der Waals surface area contributed by atoms with Gasteiger partial charge in [-0.25, -0.2) is 14.8 Å². The summed E-state index contributed by atoms with van der Waals surface area (Å²) in [4.78, 5) is 19.3. The summed E-state index contributed by atoms with van der Waals surface area (Å²) in [5.74, 6) is 0.630. The van der Waals surface area contributed by atoms with E-state index < -0.39 is 5.97 Å². The van der Waals surface area contributed by atoms with E-state index in [0.29, 0.717) is 29.6 Å². The lowest BCUT2D eigenvalue weighted by Crippen LogP contribution is -2.04. The molecule has 0 saturated carbocycles. The fourth-order valence-electron chi connectivity index (χ4n) is 1.90. The Kier molecular flexibility index (Phi) is 4.37. The molecule has 2 aromatic rings. The fourth-order valence-corrected chi connectivity index (χ4v) is 1.90. The van der Waals surface area contributed by atoms with Crippen molar-refractivity contribution in [2.24, 2.45) is 0 Å². The number of carboxylic acid groups (broad SMARTS) is 1. The molecule has 1 aromatic carbocycles. The van der Waals surface area contributed by atoms with E-state index in [1.54, 1.807) is 32.2 Å². The van der Waals surface area contributed by atoms with Gasteiger partial charge < -0.3 is 14.6 Å². The van der Waals surface area contributed by atoms with Gasteiger partial charge in [-0.1, -0.05) is 0 Å². The third-order valence-electron chi connectivity index (χ3n) is 2.93. The van der Waals surface area contributed by atoms with Crippen molar-refractivity contribution in [3.63, 3.8) is 0 Å². The zero-order valence-corrected chi connectivity index (χ0v) is 12.1. The molecule has 0 saturated heterocycles. The van der Waals surface area contributed by atoms with Crippen LogP contribution in [0.4, 0.5) is 0 Å². The van der Waals surface area contributed by atoms with E-state index >= 15 is 0 Å². The molecule has 0 aliphatic heterocycles. The van der Waals surface area contributed by atoms with Crippen molar-refractivity contribution in [3.8, 4) is 22.9 Å². The van der Waals surface area contributed by atoms with Crippen molar-refractivity contribution in [3.05, 3.63) is 35.7 Å². The number of hydrogen-bond donors (Lipinski definition) is 1. The lowest BCUT2D eigenvalue weighted by Gasteiger charge is -2.11. The number of ether oxygens (including phenoxy) is 2. The van der Waals surface area contributed by atoms with Crippen molar-refractivity contribution >= 4 is 5.97 Å². The second-order valence-electron chi connectivity index (χ2n) is 4.30. The van der Waals surface area contributed by atoms with Crippen molar-refractivity contribution < 1.29 is 19.4 Å². The number of aryl methyl sites for hydroxylation is 1. The minimum atomic E-state index is -1.04. The summed E-state index contributed by atoms with van der Waals surface area (Å²) in [5.41, 5.74) is 1.25. The number of aromatic nitrogens is 2. The van der Waals surface area contributed by atoms with Crippen LogP contribution in [0, 0.1) is 6.92 Å². The first kappa shape index (κ1) is 14.8. The van der Waals surface area contributed by atoms with Crippen LogP contribution in [0.5, 0.6) is 11.5 Å². The van der Waals surface area contributed by atoms with Gasteiger partial charge >= 0.3 is 5.97 Å². The van der Waals surface area contributed by atoms with Crippen LogP contribution in [0.25, 0.3) is 11.4 Å². The molecule has 21 heavy (non-hydrogen) atoms. The summed E-state index contributed by atoms with van der Waals surface area (Å²) < 4.78 is 10.7. The summed E-state index contributed by atoms with van der Waals surface area (Å²) in [6, 6.07) is 5.35. The third kappa shape index (κ3) is 3.10. The number of hydrogen-bond acceptors (Lipinski definition) is 5. The quantitative estimate of drug-likeness (QED) is 0.910. The van der Waals surface area contributed by atoms with Gasteiger partial charge in [0.1, 0.15) is 0 Å². The van der Waals surface area contributed by atoms with E-state index in [4.69, 9.17) is 14.6 Å². The average Bonchev–Trinajstić information content (AvgIpc) is 2.47. The number of benzene rings is 1. The molecule has 1 heterocycles. The van der Waals surface area contributed by atoms with E-state index in [1.807, 2.05) is 6.92 Å². The Bertz CT molecular complexity index is 671. The minimum Gasteiger partial charge on any atom is -0.493 e. The molecule has 0 radical (unpaired) electrons. The normalized spacial score (nSPS) is 10.2. The molecule has 0 amide bonds. The second kappa shape index (κ2) is 6.21. The van der Waals surface area contributed by atoms with Crippen molar-refractivity contribution in [1.29, 1.82) is 0 Å². The van der Waals surface area contributed by atoms with Gasteiger partial charge in [0.2, 0.25) is 0 Å². The number of rotatable bonds is 5. The van der Waals surface area contributed by atoms with Crippen LogP contribution in [0.15, 0.2) is 24.4 Å². The zero-order valence-electron chi connectivity index (χ0n) is 12.1. The SMILES string of the molecule is CCOc1cc(-c2ncc(C(=O)O)c(C)n2)ccc1OC. The molecule has 0 atom stereocenters. The highest BCUT2D eigenvalue weighted by Crippen LogP contribution is 2.31. The van der Waals surface area contributed by atoms with Gasteiger partial charge in [-0.2, -0.15) is 0 Å². The molecular weight excluding hydrogens is 272 g/mol. The predicted molar refractivity (Wildman–Crippen MR) is 76.9 cm³/mol. The first-order valence-electron chi connectivity index (χ1n) is 6.45. The summed E-state index contributed by atoms with van der Waals surface area (Å²) in [6.07, 6.45) is 1.31. The molecule has 2 rings (SSSR count). The first-order valence-corrected chi connectivity index (χ1v) is 6.45. The molecule has 0 aliphatic carbocycles. The van der Waals surface area contributed by atoms with Gasteiger partial charge in [-0.3, -0.25) is 0 Å². The molecule has 0 aliphatic rings. The Morgan fingerprint density at radius 2 is 2.10 bits per heavy atom. The van der Waals surface area contributed by atoms with Crippen molar-refractivity contribution in [1.82, 2.24) is 9.97 Å². The molecule has 0 bridgehead atoms. The van der Waals surface area contributed by atoms with Gasteiger partial charge in [0.25, 0.3) is 0 Å². The highest BCUT2D eigenvalue weighted by atomic mass is 16.5. The first-order chi connectivity index (χ1) is 10.1. The molecule has 1 aromatic heterocycles. The average molecular weight is 288 g/mol. The topological polar surface area (TPSA) is 81.5 Å². The van der Waals surface area contributed by atoms with Crippen molar-refractivity contribution in [2.75, 3.05) is 13.7 Å². The fraction of sp³-hybridized carbons (Fsp3) is 0.267. The van der Waals surface area contributed by atoms with Gasteiger partial charge in [-0.05, 0) is 32.0 Å². The molecular formula is C15H16N2O4. The Morgan fingerprint density at radius 3 is 2.67 bits per heavy atom. The smallest absolute Gasteiger partial charge is 0.339 e. The highest BCUT2D eigenvalue weighted by Gasteiger charge is 2.13. The molecule has 0 unspecified atom stereocenters. The lowest BCUT2D eigenvalue weighted by atomic mass is 10.1. The van der Waals surface area contributed by atoms with Gasteiger partial charge in [0.05, 0.1) is 25.0 Å². The largest absolute Gasteiger partial charge is 0.493 e. The monoisotopic (exact) mass is 288 g/mol. The molecule has 6 nitrogen and oxygen atoms in total. The maximum atomic E-state index is 11.0. The number of carboxylic acids is 1. The van der Waals surface area contributed by atoms with E-state index in [0.717, 1.165) is 5.56 Å². The van der Waals surface area contributed by atoms with Gasteiger partial charge in [0.15, 0.2) is 17.3 Å². The molecule has 110 valence electrons. The summed E-state index contributed by atoms with van der Waals surface area (Å²) >= 11 is 0. The van der Waals surface area contributed by atoms with Crippen LogP contribution in [0.3, 0.4) is 0 Å². The van der Waals surface area contributed by atoms with Crippen LogP contribution < -0.4 is 9.47 Å². The van der Waals surface area contributed by atoms with Gasteiger partial charge in [-0.15, -0.1) is 0 Å². The van der Waals surface area contributed by atoms with Crippen LogP contribution in [-0.2, 0) is 0 Å². The zero-order chi connectivity index (χ0) is 15.4. The summed E-state index contributed by atoms with van der Waals surface area (Å²) in [7, 11) is 1.57. The predicted octanol–water partition coefficient (Wildman–Crippen LogP) is 2.56. The lowest BCUT2D eigenvalue weighted by molar-refractivity contribution is 0.0695. The highest BCUT2D eigenvalue weighted by molar-refractivity contribution is 5.88. The van der Waals surface area contributed by atoms with E-state index in [2.05, 4.69) is 9.97 Å². The van der Waals surface area contributed by atoms with E-state index in [9.17, 15) is 4.79 Å². The Balaban J connectivity index is 2.44. The molecule has 1 N–H and O–H groups in total. The van der Waals surface area contributed by atoms with Crippen LogP contribution >= 0.6 is 0 Å². The number of nitrogens with zero attached hydrogens (tertiary/aromatic N) is 2. The maximum Gasteiger partial charge on any atom is 0.339 e. The Labute approximate surface area is 122 Å². The summed E-state index contributed by atoms with van der Waals surface area (Å²) in [6.45, 7) is 4.04. The standard InChI is InChI=1S/C15H16N2O4/c1-4-21-13-7-10(5-6-12(13)20-3)14-16-8-11(15(18)19)9(2)17-14/h5-8H,4H2,1-3H3,(H,18,19). The summed E-state index contributed by atoms with van der Waals surface area (Å²) in [5, 5.41) is 8.99. The van der Waals surface area contributed by atoms with E-state index in [-0.39, 0.29) is 5.56 Å². The van der Waals surface area contributed by atoms with Crippen LogP contribution in [0.2, 0.25) is 0 Å². The van der Waals surface area contributed by atoms with E-state index in [1.165, 1.54) is 6.20 Å². The number of carbonyl (C=O) groups is 1. The van der Waals surface area contributed by atoms with Crippen LogP contribution in [0.1, 0.15) is 23.0 Å². The second-order valence-corrected chi connectivity index (χ2v) is 4.30. The van der Waals surface area contributed by atoms with Gasteiger partial charge in [0, 0.05) is 11.8 Å². The van der Waals surface area contributed by atoms with Crippen LogP contribution in [-0.4, -0.2) is 34.8 Å². The minimum absolute atomic E-state index is 0.0947. The molecule has 0 spiro atoms. The Morgan fingerprint density at radius 1 is 1.33 bits per heavy atom.